The maximum Gasteiger partial charge on any atom is 0.269 e. The van der Waals surface area contributed by atoms with Gasteiger partial charge in [-0.05, 0) is 49.1 Å². The number of rotatable bonds is 11. The average molecular weight is 416 g/mol. The SMILES string of the molecule is COc1cc(CNC(=O)C(C)Oc2ccc([N+](=O)[O-])cc2)ccc1OCCC(C)C. The number of nitrogens with zero attached hydrogens (tertiary/aromatic N) is 1. The van der Waals surface area contributed by atoms with Crippen LogP contribution in [0.4, 0.5) is 5.69 Å². The van der Waals surface area contributed by atoms with Gasteiger partial charge in [0.2, 0.25) is 0 Å². The zero-order valence-electron chi connectivity index (χ0n) is 17.7. The van der Waals surface area contributed by atoms with Crippen molar-refractivity contribution < 1.29 is 23.9 Å². The van der Waals surface area contributed by atoms with Crippen molar-refractivity contribution in [2.24, 2.45) is 5.92 Å². The van der Waals surface area contributed by atoms with E-state index in [2.05, 4.69) is 19.2 Å². The smallest absolute Gasteiger partial charge is 0.269 e. The van der Waals surface area contributed by atoms with Crippen molar-refractivity contribution >= 4 is 11.6 Å². The molecule has 0 fully saturated rings. The summed E-state index contributed by atoms with van der Waals surface area (Å²) in [5, 5.41) is 13.5. The Labute approximate surface area is 176 Å². The van der Waals surface area contributed by atoms with Gasteiger partial charge in [0.25, 0.3) is 11.6 Å². The first-order valence-electron chi connectivity index (χ1n) is 9.78. The number of ether oxygens (including phenoxy) is 3. The summed E-state index contributed by atoms with van der Waals surface area (Å²) < 4.78 is 16.7. The van der Waals surface area contributed by atoms with Gasteiger partial charge in [-0.3, -0.25) is 14.9 Å². The van der Waals surface area contributed by atoms with Crippen LogP contribution >= 0.6 is 0 Å². The maximum absolute atomic E-state index is 12.3. The van der Waals surface area contributed by atoms with Crippen LogP contribution in [0.5, 0.6) is 17.2 Å². The fraction of sp³-hybridized carbons (Fsp3) is 0.409. The molecule has 0 aromatic heterocycles. The number of benzene rings is 2. The zero-order chi connectivity index (χ0) is 22.1. The van der Waals surface area contributed by atoms with E-state index in [9.17, 15) is 14.9 Å². The molecule has 1 N–H and O–H groups in total. The van der Waals surface area contributed by atoms with Gasteiger partial charge in [-0.15, -0.1) is 0 Å². The highest BCUT2D eigenvalue weighted by molar-refractivity contribution is 5.80. The maximum atomic E-state index is 12.3. The minimum atomic E-state index is -0.757. The molecule has 162 valence electrons. The predicted octanol–water partition coefficient (Wildman–Crippen LogP) is 4.11. The van der Waals surface area contributed by atoms with Crippen LogP contribution in [-0.2, 0) is 11.3 Å². The third kappa shape index (κ3) is 6.95. The molecule has 0 aliphatic carbocycles. The summed E-state index contributed by atoms with van der Waals surface area (Å²) in [7, 11) is 1.58. The normalized spacial score (nSPS) is 11.6. The van der Waals surface area contributed by atoms with Gasteiger partial charge in [0, 0.05) is 18.7 Å². The summed E-state index contributed by atoms with van der Waals surface area (Å²) in [5.41, 5.74) is 0.823. The van der Waals surface area contributed by atoms with E-state index in [1.54, 1.807) is 14.0 Å². The van der Waals surface area contributed by atoms with Crippen molar-refractivity contribution in [2.75, 3.05) is 13.7 Å². The Hall–Kier alpha value is -3.29. The van der Waals surface area contributed by atoms with Crippen LogP contribution in [0.25, 0.3) is 0 Å². The summed E-state index contributed by atoms with van der Waals surface area (Å²) in [6.45, 7) is 6.80. The van der Waals surface area contributed by atoms with E-state index in [0.29, 0.717) is 36.3 Å². The van der Waals surface area contributed by atoms with E-state index in [0.717, 1.165) is 12.0 Å². The molecule has 0 aliphatic heterocycles. The van der Waals surface area contributed by atoms with Crippen molar-refractivity contribution in [3.8, 4) is 17.2 Å². The van der Waals surface area contributed by atoms with Crippen molar-refractivity contribution in [3.63, 3.8) is 0 Å². The number of amides is 1. The lowest BCUT2D eigenvalue weighted by Gasteiger charge is -2.16. The summed E-state index contributed by atoms with van der Waals surface area (Å²) in [6.07, 6.45) is 0.195. The molecule has 2 aromatic rings. The quantitative estimate of drug-likeness (QED) is 0.437. The predicted molar refractivity (Wildman–Crippen MR) is 113 cm³/mol. The largest absolute Gasteiger partial charge is 0.493 e. The van der Waals surface area contributed by atoms with E-state index >= 15 is 0 Å². The van der Waals surface area contributed by atoms with Crippen LogP contribution in [0.3, 0.4) is 0 Å². The third-order valence-electron chi connectivity index (χ3n) is 4.38. The molecule has 8 nitrogen and oxygen atoms in total. The molecule has 2 aromatic carbocycles. The van der Waals surface area contributed by atoms with E-state index in [1.807, 2.05) is 18.2 Å². The van der Waals surface area contributed by atoms with E-state index in [1.165, 1.54) is 24.3 Å². The highest BCUT2D eigenvalue weighted by Gasteiger charge is 2.16. The van der Waals surface area contributed by atoms with Crippen LogP contribution in [0.15, 0.2) is 42.5 Å². The summed E-state index contributed by atoms with van der Waals surface area (Å²) in [6, 6.07) is 11.1. The molecule has 8 heteroatoms. The summed E-state index contributed by atoms with van der Waals surface area (Å²) in [4.78, 5) is 22.5. The number of carbonyl (C=O) groups excluding carboxylic acids is 1. The topological polar surface area (TPSA) is 99.9 Å². The van der Waals surface area contributed by atoms with Crippen molar-refractivity contribution in [3.05, 3.63) is 58.1 Å². The molecule has 0 bridgehead atoms. The Morgan fingerprint density at radius 3 is 2.40 bits per heavy atom. The Balaban J connectivity index is 1.88. The molecular weight excluding hydrogens is 388 g/mol. The third-order valence-corrected chi connectivity index (χ3v) is 4.38. The Bertz CT molecular complexity index is 851. The lowest BCUT2D eigenvalue weighted by atomic mass is 10.1. The van der Waals surface area contributed by atoms with Gasteiger partial charge in [-0.2, -0.15) is 0 Å². The molecule has 0 radical (unpaired) electrons. The Morgan fingerprint density at radius 2 is 1.80 bits per heavy atom. The summed E-state index contributed by atoms with van der Waals surface area (Å²) >= 11 is 0. The van der Waals surface area contributed by atoms with Crippen LogP contribution in [-0.4, -0.2) is 30.7 Å². The fourth-order valence-corrected chi connectivity index (χ4v) is 2.58. The average Bonchev–Trinajstić information content (AvgIpc) is 2.72. The lowest BCUT2D eigenvalue weighted by Crippen LogP contribution is -2.35. The molecule has 0 aliphatic rings. The molecule has 0 spiro atoms. The standard InChI is InChI=1S/C22H28N2O6/c1-15(2)11-12-29-20-10-5-17(13-21(20)28-4)14-23-22(25)16(3)30-19-8-6-18(7-9-19)24(26)27/h5-10,13,15-16H,11-12,14H2,1-4H3,(H,23,25). The second-order valence-corrected chi connectivity index (χ2v) is 7.25. The molecular formula is C22H28N2O6. The van der Waals surface area contributed by atoms with Gasteiger partial charge in [0.05, 0.1) is 18.6 Å². The molecule has 1 unspecified atom stereocenters. The Morgan fingerprint density at radius 1 is 1.10 bits per heavy atom. The number of nitro benzene ring substituents is 1. The van der Waals surface area contributed by atoms with Gasteiger partial charge in [0.1, 0.15) is 5.75 Å². The first-order chi connectivity index (χ1) is 14.3. The van der Waals surface area contributed by atoms with Crippen molar-refractivity contribution in [2.45, 2.75) is 39.8 Å². The molecule has 0 saturated heterocycles. The lowest BCUT2D eigenvalue weighted by molar-refractivity contribution is -0.384. The molecule has 0 saturated carbocycles. The molecule has 2 rings (SSSR count). The molecule has 30 heavy (non-hydrogen) atoms. The fourth-order valence-electron chi connectivity index (χ4n) is 2.58. The van der Waals surface area contributed by atoms with E-state index < -0.39 is 11.0 Å². The first-order valence-corrected chi connectivity index (χ1v) is 9.78. The van der Waals surface area contributed by atoms with Crippen molar-refractivity contribution in [1.29, 1.82) is 0 Å². The second kappa shape index (κ2) is 11.0. The number of nitrogens with one attached hydrogen (secondary N) is 1. The number of non-ortho nitro benzene ring substituents is 1. The van der Waals surface area contributed by atoms with Gasteiger partial charge in [-0.1, -0.05) is 19.9 Å². The van der Waals surface area contributed by atoms with Crippen molar-refractivity contribution in [1.82, 2.24) is 5.32 Å². The molecule has 1 atom stereocenters. The monoisotopic (exact) mass is 416 g/mol. The minimum absolute atomic E-state index is 0.0370. The number of hydrogen-bond donors (Lipinski definition) is 1. The van der Waals surface area contributed by atoms with Gasteiger partial charge >= 0.3 is 0 Å². The van der Waals surface area contributed by atoms with Crippen LogP contribution in [0.2, 0.25) is 0 Å². The van der Waals surface area contributed by atoms with Crippen LogP contribution < -0.4 is 19.5 Å². The number of hydrogen-bond acceptors (Lipinski definition) is 6. The van der Waals surface area contributed by atoms with E-state index in [4.69, 9.17) is 14.2 Å². The van der Waals surface area contributed by atoms with Gasteiger partial charge in [-0.25, -0.2) is 0 Å². The second-order valence-electron chi connectivity index (χ2n) is 7.25. The van der Waals surface area contributed by atoms with Gasteiger partial charge in [0.15, 0.2) is 17.6 Å². The molecule has 1 amide bonds. The Kier molecular flexibility index (Phi) is 8.46. The minimum Gasteiger partial charge on any atom is -0.493 e. The summed E-state index contributed by atoms with van der Waals surface area (Å²) in [5.74, 6) is 1.92. The zero-order valence-corrected chi connectivity index (χ0v) is 17.7. The first kappa shape index (κ1) is 23.0. The van der Waals surface area contributed by atoms with Gasteiger partial charge < -0.3 is 19.5 Å². The number of nitro groups is 1. The van der Waals surface area contributed by atoms with E-state index in [-0.39, 0.29) is 11.6 Å². The van der Waals surface area contributed by atoms with Crippen LogP contribution in [0.1, 0.15) is 32.8 Å². The highest BCUT2D eigenvalue weighted by atomic mass is 16.6. The highest BCUT2D eigenvalue weighted by Crippen LogP contribution is 2.28. The number of carbonyl (C=O) groups is 1. The van der Waals surface area contributed by atoms with Crippen LogP contribution in [0, 0.1) is 16.0 Å². The molecule has 0 heterocycles. The number of methoxy groups -OCH3 is 1.